The highest BCUT2D eigenvalue weighted by Gasteiger charge is 2.21. The molecule has 7 heteroatoms. The Hall–Kier alpha value is -2.80. The van der Waals surface area contributed by atoms with Crippen LogP contribution < -0.4 is 9.47 Å². The Morgan fingerprint density at radius 2 is 1.78 bits per heavy atom. The van der Waals surface area contributed by atoms with Gasteiger partial charge in [0.15, 0.2) is 17.3 Å². The van der Waals surface area contributed by atoms with Crippen molar-refractivity contribution in [1.29, 1.82) is 0 Å². The first-order valence-electron chi connectivity index (χ1n) is 8.82. The van der Waals surface area contributed by atoms with E-state index in [1.807, 2.05) is 13.8 Å². The summed E-state index contributed by atoms with van der Waals surface area (Å²) in [5, 5.41) is 0. The van der Waals surface area contributed by atoms with Crippen LogP contribution in [0.25, 0.3) is 11.4 Å². The monoisotopic (exact) mass is 386 g/mol. The third-order valence-electron chi connectivity index (χ3n) is 3.87. The van der Waals surface area contributed by atoms with E-state index < -0.39 is 10.0 Å². The fourth-order valence-corrected chi connectivity index (χ4v) is 3.96. The van der Waals surface area contributed by atoms with Crippen molar-refractivity contribution in [3.63, 3.8) is 0 Å². The van der Waals surface area contributed by atoms with Crippen LogP contribution in [0.2, 0.25) is 0 Å². The Bertz CT molecular complexity index is 998. The highest BCUT2D eigenvalue weighted by atomic mass is 32.2. The smallest absolute Gasteiger partial charge is 0.269 e. The second-order valence-corrected chi connectivity index (χ2v) is 7.62. The van der Waals surface area contributed by atoms with E-state index in [9.17, 15) is 8.42 Å². The minimum Gasteiger partial charge on any atom is -0.490 e. The summed E-state index contributed by atoms with van der Waals surface area (Å²) in [4.78, 5) is 4.46. The van der Waals surface area contributed by atoms with E-state index in [0.29, 0.717) is 36.1 Å². The maximum atomic E-state index is 13.0. The van der Waals surface area contributed by atoms with Crippen LogP contribution in [0.1, 0.15) is 20.3 Å². The Morgan fingerprint density at radius 3 is 2.48 bits per heavy atom. The predicted octanol–water partition coefficient (Wildman–Crippen LogP) is 3.97. The van der Waals surface area contributed by atoms with Crippen LogP contribution in [0.5, 0.6) is 11.5 Å². The van der Waals surface area contributed by atoms with Crippen molar-refractivity contribution in [2.45, 2.75) is 25.2 Å². The number of nitrogens with zero attached hydrogens (tertiary/aromatic N) is 2. The second-order valence-electron chi connectivity index (χ2n) is 5.81. The second kappa shape index (κ2) is 8.26. The first-order valence-corrected chi connectivity index (χ1v) is 10.3. The van der Waals surface area contributed by atoms with E-state index in [0.717, 1.165) is 6.42 Å². The summed E-state index contributed by atoms with van der Waals surface area (Å²) in [5.41, 5.74) is 0.631. The molecule has 0 aliphatic carbocycles. The van der Waals surface area contributed by atoms with Gasteiger partial charge in [-0.1, -0.05) is 25.1 Å². The summed E-state index contributed by atoms with van der Waals surface area (Å²) in [6.07, 6.45) is 3.80. The average Bonchev–Trinajstić information content (AvgIpc) is 3.19. The quantitative estimate of drug-likeness (QED) is 0.586. The zero-order valence-electron chi connectivity index (χ0n) is 15.3. The normalized spacial score (nSPS) is 11.3. The highest BCUT2D eigenvalue weighted by molar-refractivity contribution is 7.90. The molecule has 0 aliphatic rings. The number of ether oxygens (including phenoxy) is 2. The van der Waals surface area contributed by atoms with Crippen LogP contribution in [0.3, 0.4) is 0 Å². The fourth-order valence-electron chi connectivity index (χ4n) is 2.64. The Kier molecular flexibility index (Phi) is 5.81. The van der Waals surface area contributed by atoms with E-state index in [2.05, 4.69) is 4.98 Å². The Balaban J connectivity index is 2.04. The molecule has 142 valence electrons. The van der Waals surface area contributed by atoms with E-state index in [-0.39, 0.29) is 4.90 Å². The van der Waals surface area contributed by atoms with E-state index in [1.54, 1.807) is 48.5 Å². The van der Waals surface area contributed by atoms with Crippen LogP contribution in [0, 0.1) is 0 Å². The van der Waals surface area contributed by atoms with Gasteiger partial charge in [0.25, 0.3) is 10.0 Å². The topological polar surface area (TPSA) is 70.4 Å². The Morgan fingerprint density at radius 1 is 1.00 bits per heavy atom. The summed E-state index contributed by atoms with van der Waals surface area (Å²) < 4.78 is 38.5. The molecule has 27 heavy (non-hydrogen) atoms. The molecule has 3 aromatic rings. The van der Waals surface area contributed by atoms with Gasteiger partial charge in [-0.25, -0.2) is 17.4 Å². The van der Waals surface area contributed by atoms with Gasteiger partial charge in [-0.3, -0.25) is 0 Å². The Labute approximate surface area is 159 Å². The highest BCUT2D eigenvalue weighted by Crippen LogP contribution is 2.33. The third kappa shape index (κ3) is 3.98. The maximum Gasteiger partial charge on any atom is 0.269 e. The van der Waals surface area contributed by atoms with Crippen LogP contribution in [-0.4, -0.2) is 30.6 Å². The van der Waals surface area contributed by atoms with Gasteiger partial charge in [-0.15, -0.1) is 0 Å². The molecule has 0 bridgehead atoms. The first-order chi connectivity index (χ1) is 13.1. The molecule has 0 atom stereocenters. The van der Waals surface area contributed by atoms with Crippen molar-refractivity contribution in [3.8, 4) is 22.9 Å². The molecule has 6 nitrogen and oxygen atoms in total. The van der Waals surface area contributed by atoms with Crippen molar-refractivity contribution < 1.29 is 17.9 Å². The number of hydrogen-bond acceptors (Lipinski definition) is 5. The molecular weight excluding hydrogens is 364 g/mol. The number of hydrogen-bond donors (Lipinski definition) is 0. The van der Waals surface area contributed by atoms with Crippen molar-refractivity contribution in [1.82, 2.24) is 8.96 Å². The van der Waals surface area contributed by atoms with Gasteiger partial charge in [0.05, 0.1) is 18.1 Å². The molecular formula is C20H22N2O4S. The fraction of sp³-hybridized carbons (Fsp3) is 0.250. The predicted molar refractivity (Wildman–Crippen MR) is 104 cm³/mol. The van der Waals surface area contributed by atoms with Gasteiger partial charge in [0.2, 0.25) is 0 Å². The molecule has 0 fully saturated rings. The number of benzene rings is 2. The standard InChI is InChI=1S/C20H22N2O4S/c1-3-14-26-18-11-10-16(15-19(18)25-4-2)20-21-12-13-22(20)27(23,24)17-8-6-5-7-9-17/h5-13,15H,3-4,14H2,1-2H3. The SMILES string of the molecule is CCCOc1ccc(-c2nccn2S(=O)(=O)c2ccccc2)cc1OCC. The molecule has 3 rings (SSSR count). The van der Waals surface area contributed by atoms with Gasteiger partial charge in [-0.05, 0) is 43.7 Å². The molecule has 1 aromatic heterocycles. The van der Waals surface area contributed by atoms with E-state index in [4.69, 9.17) is 9.47 Å². The van der Waals surface area contributed by atoms with Gasteiger partial charge in [0.1, 0.15) is 0 Å². The lowest BCUT2D eigenvalue weighted by Crippen LogP contribution is -2.13. The summed E-state index contributed by atoms with van der Waals surface area (Å²) in [7, 11) is -3.74. The molecule has 1 heterocycles. The molecule has 0 aliphatic heterocycles. The summed E-state index contributed by atoms with van der Waals surface area (Å²) in [6, 6.07) is 13.6. The summed E-state index contributed by atoms with van der Waals surface area (Å²) in [6.45, 7) is 4.97. The molecule has 0 saturated heterocycles. The van der Waals surface area contributed by atoms with Crippen LogP contribution in [0.4, 0.5) is 0 Å². The molecule has 0 spiro atoms. The molecule has 0 saturated carbocycles. The maximum absolute atomic E-state index is 13.0. The van der Waals surface area contributed by atoms with E-state index >= 15 is 0 Å². The lowest BCUT2D eigenvalue weighted by atomic mass is 10.2. The van der Waals surface area contributed by atoms with Gasteiger partial charge in [-0.2, -0.15) is 0 Å². The zero-order chi connectivity index (χ0) is 19.3. The minimum atomic E-state index is -3.74. The van der Waals surface area contributed by atoms with E-state index in [1.165, 1.54) is 16.4 Å². The molecule has 0 radical (unpaired) electrons. The molecule has 0 N–H and O–H groups in total. The van der Waals surface area contributed by atoms with Crippen molar-refractivity contribution in [2.24, 2.45) is 0 Å². The van der Waals surface area contributed by atoms with Crippen LogP contribution in [0.15, 0.2) is 65.8 Å². The zero-order valence-corrected chi connectivity index (χ0v) is 16.1. The summed E-state index contributed by atoms with van der Waals surface area (Å²) in [5.74, 6) is 1.52. The van der Waals surface area contributed by atoms with Crippen LogP contribution in [-0.2, 0) is 10.0 Å². The van der Waals surface area contributed by atoms with Crippen molar-refractivity contribution in [2.75, 3.05) is 13.2 Å². The van der Waals surface area contributed by atoms with Gasteiger partial charge >= 0.3 is 0 Å². The molecule has 0 amide bonds. The number of aromatic nitrogens is 2. The third-order valence-corrected chi connectivity index (χ3v) is 5.55. The molecule has 0 unspecified atom stereocenters. The average molecular weight is 386 g/mol. The first kappa shape index (κ1) is 19.0. The molecule has 2 aromatic carbocycles. The lowest BCUT2D eigenvalue weighted by molar-refractivity contribution is 0.277. The van der Waals surface area contributed by atoms with Gasteiger partial charge < -0.3 is 9.47 Å². The van der Waals surface area contributed by atoms with Crippen LogP contribution >= 0.6 is 0 Å². The minimum absolute atomic E-state index is 0.206. The summed E-state index contributed by atoms with van der Waals surface area (Å²) >= 11 is 0. The van der Waals surface area contributed by atoms with Crippen molar-refractivity contribution >= 4 is 10.0 Å². The largest absolute Gasteiger partial charge is 0.490 e. The van der Waals surface area contributed by atoms with Gasteiger partial charge in [0, 0.05) is 18.0 Å². The number of imidazole rings is 1. The lowest BCUT2D eigenvalue weighted by Gasteiger charge is -2.14. The number of rotatable bonds is 8. The van der Waals surface area contributed by atoms with Crippen molar-refractivity contribution in [3.05, 3.63) is 60.9 Å².